The molecule has 0 heterocycles. The summed E-state index contributed by atoms with van der Waals surface area (Å²) in [6, 6.07) is -0.427. The lowest BCUT2D eigenvalue weighted by Gasteiger charge is -2.42. The Kier molecular flexibility index (Phi) is 10.4. The maximum atomic E-state index is 11.6. The molecule has 0 amide bonds. The molecule has 0 fully saturated rings. The van der Waals surface area contributed by atoms with Gasteiger partial charge < -0.3 is 14.7 Å². The molecule has 4 heteroatoms. The molecule has 0 saturated heterocycles. The van der Waals surface area contributed by atoms with Crippen LogP contribution in [0.4, 0.5) is 0 Å². The Bertz CT molecular complexity index is 311. The minimum absolute atomic E-state index is 0.427. The number of unbranched alkanes of at least 4 members (excludes halogenated alkanes) is 2. The number of rotatable bonds is 12. The van der Waals surface area contributed by atoms with Crippen LogP contribution in [0.5, 0.6) is 0 Å². The fraction of sp³-hybridized carbons (Fsp3) is 0.824. The number of hydrogen-bond donors (Lipinski definition) is 2. The molecule has 0 bridgehead atoms. The lowest BCUT2D eigenvalue weighted by Crippen LogP contribution is -2.61. The van der Waals surface area contributed by atoms with Crippen molar-refractivity contribution in [2.24, 2.45) is 0 Å². The van der Waals surface area contributed by atoms with Crippen LogP contribution in [0.1, 0.15) is 59.8 Å². The van der Waals surface area contributed by atoms with E-state index in [2.05, 4.69) is 6.92 Å². The molecule has 0 radical (unpaired) electrons. The quantitative estimate of drug-likeness (QED) is 0.330. The van der Waals surface area contributed by atoms with Crippen LogP contribution >= 0.6 is 0 Å². The molecule has 0 spiro atoms. The Balaban J connectivity index is 4.92. The molecule has 21 heavy (non-hydrogen) atoms. The third-order valence-corrected chi connectivity index (χ3v) is 4.40. The molecular formula is C17H34NO3+. The summed E-state index contributed by atoms with van der Waals surface area (Å²) in [4.78, 5) is 11.6. The first-order chi connectivity index (χ1) is 9.97. The van der Waals surface area contributed by atoms with Crippen LogP contribution in [-0.4, -0.2) is 52.4 Å². The molecule has 2 unspecified atom stereocenters. The van der Waals surface area contributed by atoms with Gasteiger partial charge in [0.05, 0.1) is 13.1 Å². The third-order valence-electron chi connectivity index (χ3n) is 4.40. The summed E-state index contributed by atoms with van der Waals surface area (Å²) in [5.74, 6) is -0.747. The number of allylic oxidation sites excluding steroid dienone is 1. The van der Waals surface area contributed by atoms with E-state index in [-0.39, 0.29) is 0 Å². The van der Waals surface area contributed by atoms with Crippen molar-refractivity contribution in [1.82, 2.24) is 0 Å². The number of aliphatic carboxylic acids is 1. The summed E-state index contributed by atoms with van der Waals surface area (Å²) < 4.78 is 0.447. The molecule has 124 valence electrons. The van der Waals surface area contributed by atoms with E-state index in [1.807, 2.05) is 32.9 Å². The first-order valence-electron chi connectivity index (χ1n) is 8.40. The van der Waals surface area contributed by atoms with Gasteiger partial charge in [-0.25, -0.2) is 4.79 Å². The van der Waals surface area contributed by atoms with Crippen molar-refractivity contribution in [1.29, 1.82) is 0 Å². The number of hydrogen-bond acceptors (Lipinski definition) is 2. The van der Waals surface area contributed by atoms with Crippen LogP contribution in [0.25, 0.3) is 0 Å². The SMILES string of the molecule is CCCC/C=C/C(O)C[N+](CC)(CC)C(CCC)C(=O)O. The summed E-state index contributed by atoms with van der Waals surface area (Å²) in [5.41, 5.74) is 0. The van der Waals surface area contributed by atoms with Gasteiger partial charge in [0.2, 0.25) is 0 Å². The number of carbonyl (C=O) groups is 1. The van der Waals surface area contributed by atoms with Crippen LogP contribution in [0.15, 0.2) is 12.2 Å². The summed E-state index contributed by atoms with van der Waals surface area (Å²) in [7, 11) is 0. The van der Waals surface area contributed by atoms with Crippen molar-refractivity contribution >= 4 is 5.97 Å². The molecule has 4 nitrogen and oxygen atoms in total. The van der Waals surface area contributed by atoms with E-state index in [9.17, 15) is 15.0 Å². The molecule has 0 saturated carbocycles. The van der Waals surface area contributed by atoms with E-state index < -0.39 is 18.1 Å². The number of nitrogens with zero attached hydrogens (tertiary/aromatic N) is 1. The van der Waals surface area contributed by atoms with Gasteiger partial charge in [0.1, 0.15) is 12.6 Å². The van der Waals surface area contributed by atoms with Gasteiger partial charge in [-0.3, -0.25) is 0 Å². The number of aliphatic hydroxyl groups is 1. The maximum absolute atomic E-state index is 11.6. The third kappa shape index (κ3) is 6.62. The molecule has 2 N–H and O–H groups in total. The molecular weight excluding hydrogens is 266 g/mol. The van der Waals surface area contributed by atoms with E-state index in [0.717, 1.165) is 38.8 Å². The molecule has 0 aromatic rings. The monoisotopic (exact) mass is 300 g/mol. The van der Waals surface area contributed by atoms with Crippen molar-refractivity contribution in [3.63, 3.8) is 0 Å². The highest BCUT2D eigenvalue weighted by Gasteiger charge is 2.39. The number of likely N-dealkylation sites (N-methyl/N-ethyl adjacent to an activating group) is 1. The van der Waals surface area contributed by atoms with Gasteiger partial charge in [0.15, 0.2) is 6.04 Å². The zero-order valence-corrected chi connectivity index (χ0v) is 14.2. The Morgan fingerprint density at radius 2 is 1.76 bits per heavy atom. The highest BCUT2D eigenvalue weighted by Crippen LogP contribution is 2.20. The fourth-order valence-electron chi connectivity index (χ4n) is 2.96. The maximum Gasteiger partial charge on any atom is 0.362 e. The van der Waals surface area contributed by atoms with Gasteiger partial charge in [-0.2, -0.15) is 0 Å². The van der Waals surface area contributed by atoms with Crippen molar-refractivity contribution in [2.45, 2.75) is 71.9 Å². The van der Waals surface area contributed by atoms with Crippen molar-refractivity contribution in [3.8, 4) is 0 Å². The molecule has 0 aromatic carbocycles. The molecule has 0 aliphatic heterocycles. The van der Waals surface area contributed by atoms with Crippen molar-refractivity contribution in [2.75, 3.05) is 19.6 Å². The van der Waals surface area contributed by atoms with E-state index in [1.54, 1.807) is 0 Å². The van der Waals surface area contributed by atoms with Crippen LogP contribution in [-0.2, 0) is 4.79 Å². The van der Waals surface area contributed by atoms with Gasteiger partial charge in [-0.1, -0.05) is 38.8 Å². The second-order valence-corrected chi connectivity index (χ2v) is 5.81. The highest BCUT2D eigenvalue weighted by molar-refractivity contribution is 5.72. The number of carboxylic acids is 1. The largest absolute Gasteiger partial charge is 0.477 e. The number of carboxylic acid groups (broad SMARTS) is 1. The average molecular weight is 300 g/mol. The lowest BCUT2D eigenvalue weighted by molar-refractivity contribution is -0.942. The molecule has 0 rings (SSSR count). The van der Waals surface area contributed by atoms with Gasteiger partial charge >= 0.3 is 5.97 Å². The lowest BCUT2D eigenvalue weighted by atomic mass is 10.0. The zero-order valence-electron chi connectivity index (χ0n) is 14.2. The Morgan fingerprint density at radius 1 is 1.14 bits per heavy atom. The zero-order chi connectivity index (χ0) is 16.3. The normalized spacial score (nSPS) is 15.3. The smallest absolute Gasteiger partial charge is 0.362 e. The predicted molar refractivity (Wildman–Crippen MR) is 87.2 cm³/mol. The average Bonchev–Trinajstić information content (AvgIpc) is 2.47. The second kappa shape index (κ2) is 10.8. The van der Waals surface area contributed by atoms with E-state index in [4.69, 9.17) is 0 Å². The fourth-order valence-corrected chi connectivity index (χ4v) is 2.96. The van der Waals surface area contributed by atoms with Crippen LogP contribution in [0.3, 0.4) is 0 Å². The summed E-state index contributed by atoms with van der Waals surface area (Å²) in [6.07, 6.45) is 8.02. The summed E-state index contributed by atoms with van der Waals surface area (Å²) >= 11 is 0. The first kappa shape index (κ1) is 20.1. The van der Waals surface area contributed by atoms with E-state index in [0.29, 0.717) is 17.4 Å². The minimum atomic E-state index is -0.747. The molecule has 2 atom stereocenters. The molecule has 0 aromatic heterocycles. The topological polar surface area (TPSA) is 57.5 Å². The predicted octanol–water partition coefficient (Wildman–Crippen LogP) is 3.20. The van der Waals surface area contributed by atoms with Crippen LogP contribution in [0.2, 0.25) is 0 Å². The van der Waals surface area contributed by atoms with Crippen molar-refractivity contribution < 1.29 is 19.5 Å². The van der Waals surface area contributed by atoms with E-state index in [1.165, 1.54) is 0 Å². The van der Waals surface area contributed by atoms with Gasteiger partial charge in [-0.15, -0.1) is 0 Å². The first-order valence-corrected chi connectivity index (χ1v) is 8.40. The van der Waals surface area contributed by atoms with Gasteiger partial charge in [0, 0.05) is 6.42 Å². The highest BCUT2D eigenvalue weighted by atomic mass is 16.4. The van der Waals surface area contributed by atoms with E-state index >= 15 is 0 Å². The van der Waals surface area contributed by atoms with Crippen molar-refractivity contribution in [3.05, 3.63) is 12.2 Å². The minimum Gasteiger partial charge on any atom is -0.477 e. The van der Waals surface area contributed by atoms with Gasteiger partial charge in [-0.05, 0) is 26.7 Å². The van der Waals surface area contributed by atoms with Gasteiger partial charge in [0.25, 0.3) is 0 Å². The van der Waals surface area contributed by atoms with Crippen LogP contribution < -0.4 is 0 Å². The Hall–Kier alpha value is -0.870. The molecule has 0 aliphatic rings. The Morgan fingerprint density at radius 3 is 2.19 bits per heavy atom. The number of aliphatic hydroxyl groups excluding tert-OH is 1. The summed E-state index contributed by atoms with van der Waals surface area (Å²) in [5, 5.41) is 19.8. The molecule has 0 aliphatic carbocycles. The number of quaternary nitrogens is 1. The summed E-state index contributed by atoms with van der Waals surface area (Å²) in [6.45, 7) is 10.1. The second-order valence-electron chi connectivity index (χ2n) is 5.81. The standard InChI is InChI=1S/C17H33NO3/c1-5-9-10-11-13-15(19)14-18(7-3,8-4)16(12-6-2)17(20)21/h11,13,15-16,19H,5-10,12,14H2,1-4H3/p+1/b13-11+. The Labute approximate surface area is 130 Å². The van der Waals surface area contributed by atoms with Crippen LogP contribution in [0, 0.1) is 0 Å².